The third-order valence-corrected chi connectivity index (χ3v) is 19.2. The van der Waals surface area contributed by atoms with Crippen LogP contribution in [0.25, 0.3) is 0 Å². The summed E-state index contributed by atoms with van der Waals surface area (Å²) >= 11 is 0. The van der Waals surface area contributed by atoms with Gasteiger partial charge in [-0.1, -0.05) is 42.5 Å². The Morgan fingerprint density at radius 1 is 0.396 bits per heavy atom. The number of ether oxygens (including phenoxy) is 3. The van der Waals surface area contributed by atoms with Crippen LogP contribution >= 0.6 is 0 Å². The Balaban J connectivity index is 0.990. The van der Waals surface area contributed by atoms with Crippen molar-refractivity contribution < 1.29 is 28.6 Å². The van der Waals surface area contributed by atoms with E-state index in [1.807, 2.05) is 24.3 Å². The number of Topliss-reactive ketones (excluding diaryl/α,β-unsaturated/α-hetero) is 3. The maximum Gasteiger partial charge on any atom is 0.155 e. The summed E-state index contributed by atoms with van der Waals surface area (Å²) in [4.78, 5) is 50.5. The van der Waals surface area contributed by atoms with Crippen molar-refractivity contribution in [2.75, 3.05) is 115 Å². The van der Waals surface area contributed by atoms with Crippen LogP contribution in [0.4, 0.5) is 34.1 Å². The van der Waals surface area contributed by atoms with Crippen molar-refractivity contribution in [3.63, 3.8) is 0 Å². The maximum atomic E-state index is 14.6. The van der Waals surface area contributed by atoms with Gasteiger partial charge < -0.3 is 60.8 Å². The van der Waals surface area contributed by atoms with Crippen LogP contribution in [-0.2, 0) is 14.4 Å². The fourth-order valence-electron chi connectivity index (χ4n) is 13.9. The Morgan fingerprint density at radius 2 is 0.703 bits per heavy atom. The summed E-state index contributed by atoms with van der Waals surface area (Å²) < 4.78 is 16.8. The summed E-state index contributed by atoms with van der Waals surface area (Å²) in [6.45, 7) is 9.36. The normalized spacial score (nSPS) is 19.3. The van der Waals surface area contributed by atoms with Crippen LogP contribution in [-0.4, -0.2) is 152 Å². The number of hydrogen-bond donors (Lipinski definition) is 6. The molecule has 9 atom stereocenters. The third kappa shape index (κ3) is 17.9. The number of anilines is 6. The van der Waals surface area contributed by atoms with E-state index in [9.17, 15) is 14.4 Å². The van der Waals surface area contributed by atoms with Gasteiger partial charge in [-0.05, 0) is 253 Å². The molecule has 15 nitrogen and oxygen atoms in total. The Hall–Kier alpha value is -7.59. The first-order valence-corrected chi connectivity index (χ1v) is 33.3. The van der Waals surface area contributed by atoms with Crippen molar-refractivity contribution in [2.24, 2.45) is 0 Å². The molecule has 0 amide bonds. The smallest absolute Gasteiger partial charge is 0.155 e. The largest absolute Gasteiger partial charge is 0.497 e. The number of benzene rings is 6. The van der Waals surface area contributed by atoms with Crippen LogP contribution in [0.3, 0.4) is 0 Å². The van der Waals surface area contributed by atoms with Crippen molar-refractivity contribution in [3.05, 3.63) is 161 Å². The minimum absolute atomic E-state index is 0.0253. The molecule has 0 aromatic heterocycles. The van der Waals surface area contributed by atoms with E-state index in [4.69, 9.17) is 14.2 Å². The van der Waals surface area contributed by atoms with Gasteiger partial charge in [-0.2, -0.15) is 0 Å². The fraction of sp³-hybridized carbons (Fsp3) is 0.487. The number of carbonyl (C=O) groups is 3. The van der Waals surface area contributed by atoms with E-state index < -0.39 is 0 Å². The molecule has 3 heterocycles. The molecule has 0 bridgehead atoms. The maximum absolute atomic E-state index is 14.6. The van der Waals surface area contributed by atoms with E-state index >= 15 is 0 Å². The predicted molar refractivity (Wildman–Crippen MR) is 375 cm³/mol. The van der Waals surface area contributed by atoms with Gasteiger partial charge in [-0.25, -0.2) is 0 Å². The lowest BCUT2D eigenvalue weighted by Crippen LogP contribution is -2.32. The molecule has 3 aliphatic heterocycles. The molecule has 91 heavy (non-hydrogen) atoms. The van der Waals surface area contributed by atoms with Gasteiger partial charge in [0.15, 0.2) is 17.3 Å². The van der Waals surface area contributed by atoms with Gasteiger partial charge in [0.05, 0.1) is 39.5 Å². The SMILES string of the molecule is COc1ccc2c(c1)NC(C)C2CC(=O)[C@H](CCCCN(C)C)Nc1ccc(C(c2ccc(N[C@@H](CCCCN(C)C)C(=O)CC3c4cc(OC)ccc4NC3C)cc2)c2ccc(N[C@@H](CCCCN(C)C)C(=O)CC3c4cc(OC)ccc4NC3C)cc2)cc1. The summed E-state index contributed by atoms with van der Waals surface area (Å²) in [7, 11) is 17.6. The molecule has 488 valence electrons. The van der Waals surface area contributed by atoms with E-state index in [0.29, 0.717) is 19.3 Å². The van der Waals surface area contributed by atoms with Gasteiger partial charge in [0, 0.05) is 101 Å². The molecule has 15 heteroatoms. The van der Waals surface area contributed by atoms with Crippen molar-refractivity contribution in [1.82, 2.24) is 14.7 Å². The highest BCUT2D eigenvalue weighted by Crippen LogP contribution is 2.44. The Bertz CT molecular complexity index is 3190. The lowest BCUT2D eigenvalue weighted by molar-refractivity contribution is -0.121. The van der Waals surface area contributed by atoms with Crippen molar-refractivity contribution in [2.45, 2.75) is 158 Å². The number of rotatable bonds is 36. The van der Waals surface area contributed by atoms with Gasteiger partial charge in [0.25, 0.3) is 0 Å². The van der Waals surface area contributed by atoms with Gasteiger partial charge in [0.2, 0.25) is 0 Å². The minimum atomic E-state index is -0.367. The van der Waals surface area contributed by atoms with Crippen LogP contribution in [0, 0.1) is 0 Å². The molecule has 6 aromatic carbocycles. The lowest BCUT2D eigenvalue weighted by atomic mass is 9.84. The highest BCUT2D eigenvalue weighted by molar-refractivity contribution is 5.90. The Kier molecular flexibility index (Phi) is 23.9. The summed E-state index contributed by atoms with van der Waals surface area (Å²) in [5.41, 5.74) is 12.5. The molecular weight excluding hydrogens is 1130 g/mol. The number of hydrogen-bond acceptors (Lipinski definition) is 15. The van der Waals surface area contributed by atoms with E-state index in [0.717, 1.165) is 162 Å². The molecule has 0 fully saturated rings. The number of nitrogens with one attached hydrogen (secondary N) is 6. The second-order valence-electron chi connectivity index (χ2n) is 26.8. The summed E-state index contributed by atoms with van der Waals surface area (Å²) in [6, 6.07) is 43.4. The van der Waals surface area contributed by atoms with Gasteiger partial charge >= 0.3 is 0 Å². The van der Waals surface area contributed by atoms with Crippen molar-refractivity contribution >= 4 is 51.5 Å². The average Bonchev–Trinajstić information content (AvgIpc) is 1.79. The molecule has 0 spiro atoms. The van der Waals surface area contributed by atoms with E-state index in [1.165, 1.54) is 0 Å². The standard InChI is InChI=1S/C76H103N9O6/c1-49-62(61-37-34-60(91-12)45-72(61)79-49)46-73(86)69(19-13-16-40-83(4)5)80-55-28-22-52(23-29-55)76(53-24-30-56(31-25-53)81-70(20-14-17-41-84(6)7)74(87)47-63-50(2)77-67-38-35-58(89-10)43-65(63)67)54-26-32-57(33-27-54)82-71(21-15-18-42-85(8)9)75(88)48-64-51(3)78-68-39-36-59(90-11)44-66(64)68/h22-39,43-45,49-51,62-64,69-71,76-82H,13-21,40-42,46-48H2,1-12H3/t49?,50?,51?,62?,63?,64?,69-,70-,71-,76?/m0/s1. The molecule has 0 aliphatic carbocycles. The lowest BCUT2D eigenvalue weighted by Gasteiger charge is -2.25. The Morgan fingerprint density at radius 3 is 1.03 bits per heavy atom. The summed E-state index contributed by atoms with van der Waals surface area (Å²) in [5.74, 6) is 2.91. The molecule has 6 aromatic rings. The number of methoxy groups -OCH3 is 3. The number of ketones is 3. The van der Waals surface area contributed by atoms with Crippen LogP contribution < -0.4 is 46.1 Å². The zero-order chi connectivity index (χ0) is 64.7. The Labute approximate surface area is 543 Å². The monoisotopic (exact) mass is 1240 g/mol. The zero-order valence-corrected chi connectivity index (χ0v) is 56.3. The second-order valence-corrected chi connectivity index (χ2v) is 26.8. The predicted octanol–water partition coefficient (Wildman–Crippen LogP) is 14.1. The summed E-state index contributed by atoms with van der Waals surface area (Å²) in [5, 5.41) is 22.0. The molecule has 3 aliphatic rings. The molecule has 6 N–H and O–H groups in total. The number of unbranched alkanes of at least 4 members (excludes halogenated alkanes) is 3. The number of carbonyl (C=O) groups excluding carboxylic acids is 3. The number of fused-ring (bicyclic) bond motifs is 3. The molecule has 9 rings (SSSR count). The van der Waals surface area contributed by atoms with Crippen molar-refractivity contribution in [3.8, 4) is 17.2 Å². The first kappa shape index (κ1) is 67.8. The molecule has 0 saturated heterocycles. The van der Waals surface area contributed by atoms with Crippen LogP contribution in [0.2, 0.25) is 0 Å². The second kappa shape index (κ2) is 32.1. The molecule has 6 unspecified atom stereocenters. The van der Waals surface area contributed by atoms with E-state index in [1.54, 1.807) is 21.3 Å². The average molecular weight is 1240 g/mol. The number of nitrogens with zero attached hydrogens (tertiary/aromatic N) is 3. The van der Waals surface area contributed by atoms with Crippen LogP contribution in [0.15, 0.2) is 127 Å². The van der Waals surface area contributed by atoms with Gasteiger partial charge in [-0.3, -0.25) is 14.4 Å². The van der Waals surface area contributed by atoms with Crippen LogP contribution in [0.1, 0.15) is 155 Å². The fourth-order valence-corrected chi connectivity index (χ4v) is 13.9. The van der Waals surface area contributed by atoms with Crippen LogP contribution in [0.5, 0.6) is 17.2 Å². The highest BCUT2D eigenvalue weighted by atomic mass is 16.5. The highest BCUT2D eigenvalue weighted by Gasteiger charge is 2.36. The zero-order valence-electron chi connectivity index (χ0n) is 56.3. The summed E-state index contributed by atoms with van der Waals surface area (Å²) in [6.07, 6.45) is 9.17. The van der Waals surface area contributed by atoms with E-state index in [2.05, 4.69) is 213 Å². The van der Waals surface area contributed by atoms with Crippen molar-refractivity contribution in [1.29, 1.82) is 0 Å². The first-order valence-electron chi connectivity index (χ1n) is 33.3. The first-order chi connectivity index (χ1) is 43.9. The quantitative estimate of drug-likeness (QED) is 0.0163. The third-order valence-electron chi connectivity index (χ3n) is 19.2. The molecule has 0 radical (unpaired) electrons. The van der Waals surface area contributed by atoms with E-state index in [-0.39, 0.29) is 77.3 Å². The minimum Gasteiger partial charge on any atom is -0.497 e. The molecule has 0 saturated carbocycles. The van der Waals surface area contributed by atoms with Gasteiger partial charge in [-0.15, -0.1) is 0 Å². The van der Waals surface area contributed by atoms with Gasteiger partial charge in [0.1, 0.15) is 17.2 Å². The topological polar surface area (TPSA) is 161 Å². The molecular formula is C76H103N9O6.